The number of benzene rings is 2. The van der Waals surface area contributed by atoms with Crippen LogP contribution < -0.4 is 5.32 Å². The number of hydrogen-bond donors (Lipinski definition) is 2. The van der Waals surface area contributed by atoms with Gasteiger partial charge in [0.2, 0.25) is 5.82 Å². The summed E-state index contributed by atoms with van der Waals surface area (Å²) in [7, 11) is 0. The highest BCUT2D eigenvalue weighted by Gasteiger charge is 2.13. The van der Waals surface area contributed by atoms with Gasteiger partial charge in [-0.1, -0.05) is 46.3 Å². The fraction of sp³-hybridized carbons (Fsp3) is 0.0667. The number of amides is 1. The molecule has 2 aromatic carbocycles. The molecular weight excluding hydrogens is 362 g/mol. The molecule has 3 aromatic rings. The van der Waals surface area contributed by atoms with Crippen LogP contribution in [0.4, 0.5) is 10.5 Å². The van der Waals surface area contributed by atoms with Gasteiger partial charge >= 0.3 is 6.09 Å². The molecule has 0 saturated carbocycles. The molecule has 1 heterocycles. The van der Waals surface area contributed by atoms with Gasteiger partial charge in [0.05, 0.1) is 5.69 Å². The fourth-order valence-electron chi connectivity index (χ4n) is 1.96. The Morgan fingerprint density at radius 1 is 1.22 bits per heavy atom. The van der Waals surface area contributed by atoms with Crippen LogP contribution in [0, 0.1) is 0 Å². The minimum atomic E-state index is -0.555. The van der Waals surface area contributed by atoms with Gasteiger partial charge in [-0.05, 0) is 29.0 Å². The first kappa shape index (κ1) is 15.2. The minimum Gasteiger partial charge on any atom is -0.444 e. The Morgan fingerprint density at radius 2 is 2.04 bits per heavy atom. The van der Waals surface area contributed by atoms with E-state index in [0.717, 1.165) is 10.0 Å². The lowest BCUT2D eigenvalue weighted by molar-refractivity contribution is 0.155. The van der Waals surface area contributed by atoms with E-state index in [1.807, 2.05) is 30.3 Å². The van der Waals surface area contributed by atoms with Gasteiger partial charge < -0.3 is 4.74 Å². The number of carbonyl (C=O) groups is 1. The van der Waals surface area contributed by atoms with Crippen LogP contribution in [0.2, 0.25) is 0 Å². The van der Waals surface area contributed by atoms with Crippen molar-refractivity contribution in [1.82, 2.24) is 20.6 Å². The smallest absolute Gasteiger partial charge is 0.411 e. The highest BCUT2D eigenvalue weighted by molar-refractivity contribution is 9.10. The number of tetrazole rings is 1. The number of carbonyl (C=O) groups excluding carboxylic acids is 1. The Balaban J connectivity index is 1.71. The number of H-pyrrole nitrogens is 1. The van der Waals surface area contributed by atoms with E-state index in [9.17, 15) is 4.79 Å². The predicted molar refractivity (Wildman–Crippen MR) is 87.6 cm³/mol. The first-order valence-electron chi connectivity index (χ1n) is 6.73. The van der Waals surface area contributed by atoms with Crippen molar-refractivity contribution >= 4 is 27.7 Å². The number of aromatic amines is 1. The molecule has 0 unspecified atom stereocenters. The quantitative estimate of drug-likeness (QED) is 0.730. The summed E-state index contributed by atoms with van der Waals surface area (Å²) in [4.78, 5) is 12.0. The maximum absolute atomic E-state index is 12.0. The zero-order chi connectivity index (χ0) is 16.1. The normalized spacial score (nSPS) is 10.3. The van der Waals surface area contributed by atoms with Crippen LogP contribution in [0.5, 0.6) is 0 Å². The molecule has 2 N–H and O–H groups in total. The Labute approximate surface area is 140 Å². The molecule has 0 spiro atoms. The van der Waals surface area contributed by atoms with Crippen LogP contribution in [-0.4, -0.2) is 26.7 Å². The maximum Gasteiger partial charge on any atom is 0.411 e. The standard InChI is InChI=1S/C15H12BrN5O2/c16-11-6-7-13(12(8-11)14-18-20-21-19-14)17-15(22)23-9-10-4-2-1-3-5-10/h1-8H,9H2,(H,17,22)(H,18,19,20,21). The number of rotatable bonds is 4. The number of aromatic nitrogens is 4. The summed E-state index contributed by atoms with van der Waals surface area (Å²) in [6.45, 7) is 0.195. The fourth-order valence-corrected chi connectivity index (χ4v) is 2.32. The minimum absolute atomic E-state index is 0.195. The number of nitrogens with zero attached hydrogens (tertiary/aromatic N) is 3. The SMILES string of the molecule is O=C(Nc1ccc(Br)cc1-c1nn[nH]n1)OCc1ccccc1. The van der Waals surface area contributed by atoms with Crippen LogP contribution in [-0.2, 0) is 11.3 Å². The number of halogens is 1. The maximum atomic E-state index is 12.0. The molecule has 7 nitrogen and oxygen atoms in total. The zero-order valence-corrected chi connectivity index (χ0v) is 13.4. The summed E-state index contributed by atoms with van der Waals surface area (Å²) in [5.74, 6) is 0.379. The second-order valence-electron chi connectivity index (χ2n) is 4.61. The molecule has 0 saturated heterocycles. The van der Waals surface area contributed by atoms with Gasteiger partial charge in [0.15, 0.2) is 0 Å². The first-order chi connectivity index (χ1) is 11.2. The third-order valence-corrected chi connectivity index (χ3v) is 3.51. The average molecular weight is 374 g/mol. The topological polar surface area (TPSA) is 92.8 Å². The highest BCUT2D eigenvalue weighted by atomic mass is 79.9. The van der Waals surface area contributed by atoms with E-state index in [1.165, 1.54) is 0 Å². The van der Waals surface area contributed by atoms with Crippen molar-refractivity contribution in [3.8, 4) is 11.4 Å². The summed E-state index contributed by atoms with van der Waals surface area (Å²) >= 11 is 3.38. The van der Waals surface area contributed by atoms with E-state index in [4.69, 9.17) is 4.74 Å². The van der Waals surface area contributed by atoms with Crippen LogP contribution in [0.15, 0.2) is 53.0 Å². The molecule has 1 aromatic heterocycles. The second kappa shape index (κ2) is 7.01. The number of ether oxygens (including phenoxy) is 1. The van der Waals surface area contributed by atoms with E-state index in [-0.39, 0.29) is 6.61 Å². The largest absolute Gasteiger partial charge is 0.444 e. The Morgan fingerprint density at radius 3 is 2.78 bits per heavy atom. The van der Waals surface area contributed by atoms with Gasteiger partial charge in [-0.25, -0.2) is 4.79 Å². The lowest BCUT2D eigenvalue weighted by Crippen LogP contribution is -2.14. The number of anilines is 1. The van der Waals surface area contributed by atoms with Crippen molar-refractivity contribution in [2.75, 3.05) is 5.32 Å². The molecule has 0 aliphatic carbocycles. The predicted octanol–water partition coefficient (Wildman–Crippen LogP) is 3.38. The van der Waals surface area contributed by atoms with Crippen molar-refractivity contribution in [3.63, 3.8) is 0 Å². The van der Waals surface area contributed by atoms with Crippen LogP contribution in [0.1, 0.15) is 5.56 Å². The van der Waals surface area contributed by atoms with Crippen LogP contribution >= 0.6 is 15.9 Å². The summed E-state index contributed by atoms with van der Waals surface area (Å²) in [5.41, 5.74) is 2.08. The van der Waals surface area contributed by atoms with Crippen molar-refractivity contribution in [3.05, 3.63) is 58.6 Å². The summed E-state index contributed by atoms with van der Waals surface area (Å²) < 4.78 is 6.04. The molecule has 23 heavy (non-hydrogen) atoms. The molecule has 0 fully saturated rings. The lowest BCUT2D eigenvalue weighted by Gasteiger charge is -2.10. The van der Waals surface area contributed by atoms with Crippen molar-refractivity contribution in [2.45, 2.75) is 6.61 Å². The van der Waals surface area contributed by atoms with Crippen LogP contribution in [0.3, 0.4) is 0 Å². The zero-order valence-electron chi connectivity index (χ0n) is 11.9. The molecular formula is C15H12BrN5O2. The molecule has 8 heteroatoms. The molecule has 0 radical (unpaired) electrons. The first-order valence-corrected chi connectivity index (χ1v) is 7.53. The Bertz CT molecular complexity index is 793. The van der Waals surface area contributed by atoms with Crippen molar-refractivity contribution in [1.29, 1.82) is 0 Å². The monoisotopic (exact) mass is 373 g/mol. The van der Waals surface area contributed by atoms with Crippen LogP contribution in [0.25, 0.3) is 11.4 Å². The Kier molecular flexibility index (Phi) is 4.62. The van der Waals surface area contributed by atoms with Gasteiger partial charge in [0, 0.05) is 10.0 Å². The average Bonchev–Trinajstić information content (AvgIpc) is 3.10. The summed E-state index contributed by atoms with van der Waals surface area (Å²) in [6.07, 6.45) is -0.555. The second-order valence-corrected chi connectivity index (χ2v) is 5.53. The summed E-state index contributed by atoms with van der Waals surface area (Å²) in [5, 5.41) is 16.5. The van der Waals surface area contributed by atoms with Gasteiger partial charge in [-0.15, -0.1) is 10.2 Å². The van der Waals surface area contributed by atoms with Gasteiger partial charge in [-0.2, -0.15) is 5.21 Å². The molecule has 0 bridgehead atoms. The number of hydrogen-bond acceptors (Lipinski definition) is 5. The molecule has 0 atom stereocenters. The molecule has 3 rings (SSSR count). The van der Waals surface area contributed by atoms with E-state index in [2.05, 4.69) is 41.9 Å². The molecule has 116 valence electrons. The van der Waals surface area contributed by atoms with Gasteiger partial charge in [0.25, 0.3) is 0 Å². The Hall–Kier alpha value is -2.74. The van der Waals surface area contributed by atoms with Crippen molar-refractivity contribution in [2.24, 2.45) is 0 Å². The van der Waals surface area contributed by atoms with Gasteiger partial charge in [-0.3, -0.25) is 5.32 Å². The molecule has 0 aliphatic heterocycles. The van der Waals surface area contributed by atoms with Gasteiger partial charge in [0.1, 0.15) is 6.61 Å². The molecule has 0 aliphatic rings. The van der Waals surface area contributed by atoms with E-state index >= 15 is 0 Å². The van der Waals surface area contributed by atoms with Crippen molar-refractivity contribution < 1.29 is 9.53 Å². The van der Waals surface area contributed by atoms with E-state index < -0.39 is 6.09 Å². The molecule has 1 amide bonds. The third-order valence-electron chi connectivity index (χ3n) is 3.02. The highest BCUT2D eigenvalue weighted by Crippen LogP contribution is 2.28. The van der Waals surface area contributed by atoms with E-state index in [0.29, 0.717) is 17.1 Å². The number of nitrogens with one attached hydrogen (secondary N) is 2. The lowest BCUT2D eigenvalue weighted by atomic mass is 10.1. The van der Waals surface area contributed by atoms with E-state index in [1.54, 1.807) is 18.2 Å². The third kappa shape index (κ3) is 3.92. The summed E-state index contributed by atoms with van der Waals surface area (Å²) in [6, 6.07) is 14.8.